The molecule has 1 amide bonds. The second-order valence-electron chi connectivity index (χ2n) is 6.29. The molecule has 122 valence electrons. The molecule has 2 aromatic rings. The standard InChI is InChI=1S/C16H21N5O2/c1-11(2)21-15(22)5-4-14(18-21)16(23)19-7-6-13(10-19)20-9-12(3)8-17-20/h4-5,8-9,11,13H,6-7,10H2,1-3H3. The van der Waals surface area contributed by atoms with Gasteiger partial charge in [-0.2, -0.15) is 10.2 Å². The third kappa shape index (κ3) is 3.04. The number of aryl methyl sites for hydroxylation is 1. The van der Waals surface area contributed by atoms with Crippen molar-refractivity contribution in [3.05, 3.63) is 46.1 Å². The van der Waals surface area contributed by atoms with Crippen molar-refractivity contribution in [3.8, 4) is 0 Å². The van der Waals surface area contributed by atoms with E-state index in [9.17, 15) is 9.59 Å². The minimum absolute atomic E-state index is 0.0753. The molecule has 1 aliphatic heterocycles. The van der Waals surface area contributed by atoms with Crippen LogP contribution in [0.3, 0.4) is 0 Å². The minimum atomic E-state index is -0.192. The molecule has 3 heterocycles. The third-order valence-electron chi connectivity index (χ3n) is 4.09. The van der Waals surface area contributed by atoms with E-state index >= 15 is 0 Å². The molecule has 1 atom stereocenters. The molecule has 7 nitrogen and oxygen atoms in total. The van der Waals surface area contributed by atoms with Crippen LogP contribution in [0.25, 0.3) is 0 Å². The van der Waals surface area contributed by atoms with Crippen LogP contribution in [0.15, 0.2) is 29.3 Å². The number of rotatable bonds is 3. The van der Waals surface area contributed by atoms with Gasteiger partial charge in [-0.25, -0.2) is 4.68 Å². The normalized spacial score (nSPS) is 17.9. The molecule has 0 saturated carbocycles. The summed E-state index contributed by atoms with van der Waals surface area (Å²) >= 11 is 0. The maximum atomic E-state index is 12.6. The number of amides is 1. The zero-order valence-electron chi connectivity index (χ0n) is 13.6. The molecule has 0 spiro atoms. The fourth-order valence-corrected chi connectivity index (χ4v) is 2.85. The van der Waals surface area contributed by atoms with Gasteiger partial charge in [0.1, 0.15) is 5.69 Å². The molecule has 3 rings (SSSR count). The molecule has 1 saturated heterocycles. The first-order valence-corrected chi connectivity index (χ1v) is 7.85. The second-order valence-corrected chi connectivity index (χ2v) is 6.29. The Balaban J connectivity index is 1.77. The van der Waals surface area contributed by atoms with Gasteiger partial charge < -0.3 is 4.90 Å². The van der Waals surface area contributed by atoms with E-state index in [0.717, 1.165) is 12.0 Å². The Hall–Kier alpha value is -2.44. The number of hydrogen-bond acceptors (Lipinski definition) is 4. The summed E-state index contributed by atoms with van der Waals surface area (Å²) in [4.78, 5) is 26.2. The first-order chi connectivity index (χ1) is 11.0. The lowest BCUT2D eigenvalue weighted by atomic mass is 10.3. The van der Waals surface area contributed by atoms with Crippen LogP contribution >= 0.6 is 0 Å². The summed E-state index contributed by atoms with van der Waals surface area (Å²) in [5.41, 5.74) is 1.24. The van der Waals surface area contributed by atoms with Crippen LogP contribution < -0.4 is 5.56 Å². The van der Waals surface area contributed by atoms with Crippen molar-refractivity contribution in [1.82, 2.24) is 24.5 Å². The maximum Gasteiger partial charge on any atom is 0.274 e. The Bertz CT molecular complexity index is 777. The van der Waals surface area contributed by atoms with Gasteiger partial charge in [-0.05, 0) is 38.8 Å². The number of nitrogens with zero attached hydrogens (tertiary/aromatic N) is 5. The average Bonchev–Trinajstić information content (AvgIpc) is 3.15. The number of hydrogen-bond donors (Lipinski definition) is 0. The SMILES string of the molecule is Cc1cnn(C2CCN(C(=O)c3ccc(=O)n(C(C)C)n3)C2)c1. The van der Waals surface area contributed by atoms with Crippen LogP contribution in [-0.4, -0.2) is 43.5 Å². The highest BCUT2D eigenvalue weighted by Gasteiger charge is 2.29. The Morgan fingerprint density at radius 3 is 2.78 bits per heavy atom. The van der Waals surface area contributed by atoms with Crippen LogP contribution in [0.5, 0.6) is 0 Å². The summed E-state index contributed by atoms with van der Waals surface area (Å²) in [6, 6.07) is 3.04. The lowest BCUT2D eigenvalue weighted by molar-refractivity contribution is 0.0778. The highest BCUT2D eigenvalue weighted by atomic mass is 16.2. The molecule has 1 fully saturated rings. The summed E-state index contributed by atoms with van der Waals surface area (Å²) in [6.07, 6.45) is 4.69. The van der Waals surface area contributed by atoms with Gasteiger partial charge in [0, 0.05) is 25.4 Å². The van der Waals surface area contributed by atoms with Crippen LogP contribution in [-0.2, 0) is 0 Å². The largest absolute Gasteiger partial charge is 0.335 e. The number of carbonyl (C=O) groups excluding carboxylic acids is 1. The Morgan fingerprint density at radius 1 is 1.35 bits per heavy atom. The van der Waals surface area contributed by atoms with E-state index in [2.05, 4.69) is 10.2 Å². The number of aromatic nitrogens is 4. The monoisotopic (exact) mass is 315 g/mol. The van der Waals surface area contributed by atoms with Crippen molar-refractivity contribution < 1.29 is 4.79 Å². The van der Waals surface area contributed by atoms with Crippen molar-refractivity contribution in [2.45, 2.75) is 39.3 Å². The Labute approximate surface area is 134 Å². The first kappa shape index (κ1) is 15.5. The smallest absolute Gasteiger partial charge is 0.274 e. The third-order valence-corrected chi connectivity index (χ3v) is 4.09. The molecule has 0 aromatic carbocycles. The fourth-order valence-electron chi connectivity index (χ4n) is 2.85. The van der Waals surface area contributed by atoms with Gasteiger partial charge in [0.2, 0.25) is 0 Å². The van der Waals surface area contributed by atoms with E-state index in [4.69, 9.17) is 0 Å². The van der Waals surface area contributed by atoms with Gasteiger partial charge in [0.25, 0.3) is 11.5 Å². The summed E-state index contributed by atoms with van der Waals surface area (Å²) in [7, 11) is 0. The summed E-state index contributed by atoms with van der Waals surface area (Å²) in [6.45, 7) is 7.02. The molecular weight excluding hydrogens is 294 g/mol. The van der Waals surface area contributed by atoms with Crippen LogP contribution in [0.1, 0.15) is 48.4 Å². The highest BCUT2D eigenvalue weighted by molar-refractivity contribution is 5.92. The molecule has 0 bridgehead atoms. The molecular formula is C16H21N5O2. The van der Waals surface area contributed by atoms with Gasteiger partial charge in [-0.15, -0.1) is 0 Å². The number of likely N-dealkylation sites (tertiary alicyclic amines) is 1. The average molecular weight is 315 g/mol. The maximum absolute atomic E-state index is 12.6. The molecule has 1 unspecified atom stereocenters. The second kappa shape index (κ2) is 5.98. The predicted molar refractivity (Wildman–Crippen MR) is 85.4 cm³/mol. The van der Waals surface area contributed by atoms with Gasteiger partial charge in [0.05, 0.1) is 18.3 Å². The van der Waals surface area contributed by atoms with E-state index in [-0.39, 0.29) is 23.6 Å². The lowest BCUT2D eigenvalue weighted by Crippen LogP contribution is -2.33. The molecule has 23 heavy (non-hydrogen) atoms. The van der Waals surface area contributed by atoms with Gasteiger partial charge in [0.15, 0.2) is 0 Å². The van der Waals surface area contributed by atoms with E-state index in [1.54, 1.807) is 4.90 Å². The van der Waals surface area contributed by atoms with Crippen molar-refractivity contribution in [3.63, 3.8) is 0 Å². The quantitative estimate of drug-likeness (QED) is 0.858. The van der Waals surface area contributed by atoms with E-state index in [1.807, 2.05) is 37.8 Å². The summed E-state index contributed by atoms with van der Waals surface area (Å²) < 4.78 is 3.27. The van der Waals surface area contributed by atoms with Gasteiger partial charge in [-0.3, -0.25) is 14.3 Å². The van der Waals surface area contributed by atoms with Crippen molar-refractivity contribution >= 4 is 5.91 Å². The lowest BCUT2D eigenvalue weighted by Gasteiger charge is -2.17. The Morgan fingerprint density at radius 2 is 2.13 bits per heavy atom. The molecule has 0 radical (unpaired) electrons. The Kier molecular flexibility index (Phi) is 4.02. The molecule has 0 aliphatic carbocycles. The number of carbonyl (C=O) groups is 1. The fraction of sp³-hybridized carbons (Fsp3) is 0.500. The summed E-state index contributed by atoms with van der Waals surface area (Å²) in [5, 5.41) is 8.54. The molecule has 1 aliphatic rings. The summed E-state index contributed by atoms with van der Waals surface area (Å²) in [5.74, 6) is -0.134. The van der Waals surface area contributed by atoms with E-state index < -0.39 is 0 Å². The van der Waals surface area contributed by atoms with Crippen molar-refractivity contribution in [1.29, 1.82) is 0 Å². The van der Waals surface area contributed by atoms with Gasteiger partial charge >= 0.3 is 0 Å². The first-order valence-electron chi connectivity index (χ1n) is 7.85. The van der Waals surface area contributed by atoms with Crippen molar-refractivity contribution in [2.24, 2.45) is 0 Å². The van der Waals surface area contributed by atoms with Crippen LogP contribution in [0, 0.1) is 6.92 Å². The van der Waals surface area contributed by atoms with Crippen LogP contribution in [0.4, 0.5) is 0 Å². The van der Waals surface area contributed by atoms with E-state index in [0.29, 0.717) is 18.8 Å². The zero-order valence-corrected chi connectivity index (χ0v) is 13.6. The zero-order chi connectivity index (χ0) is 16.6. The predicted octanol–water partition coefficient (Wildman–Crippen LogP) is 1.42. The van der Waals surface area contributed by atoms with E-state index in [1.165, 1.54) is 16.8 Å². The minimum Gasteiger partial charge on any atom is -0.335 e. The molecule has 7 heteroatoms. The van der Waals surface area contributed by atoms with Gasteiger partial charge in [-0.1, -0.05) is 0 Å². The van der Waals surface area contributed by atoms with Crippen molar-refractivity contribution in [2.75, 3.05) is 13.1 Å². The van der Waals surface area contributed by atoms with Crippen LogP contribution in [0.2, 0.25) is 0 Å². The molecule has 0 N–H and O–H groups in total. The molecule has 2 aromatic heterocycles. The topological polar surface area (TPSA) is 73.0 Å². The highest BCUT2D eigenvalue weighted by Crippen LogP contribution is 2.22.